The minimum atomic E-state index is -0.0925. The Balaban J connectivity index is 1.71. The van der Waals surface area contributed by atoms with E-state index in [0.717, 1.165) is 22.8 Å². The molecule has 1 aromatic heterocycles. The zero-order chi connectivity index (χ0) is 17.6. The summed E-state index contributed by atoms with van der Waals surface area (Å²) in [6.45, 7) is 0. The monoisotopic (exact) mass is 334 g/mol. The van der Waals surface area contributed by atoms with E-state index in [1.54, 1.807) is 44.6 Å². The molecule has 0 unspecified atom stereocenters. The van der Waals surface area contributed by atoms with Gasteiger partial charge in [-0.3, -0.25) is 4.79 Å². The number of hydrogen-bond donors (Lipinski definition) is 0. The molecule has 0 amide bonds. The number of methoxy groups -OCH3 is 2. The van der Waals surface area contributed by atoms with Crippen LogP contribution >= 0.6 is 0 Å². The molecule has 2 aromatic carbocycles. The zero-order valence-electron chi connectivity index (χ0n) is 14.1. The van der Waals surface area contributed by atoms with Crippen LogP contribution in [0.4, 0.5) is 0 Å². The van der Waals surface area contributed by atoms with E-state index in [-0.39, 0.29) is 5.78 Å². The van der Waals surface area contributed by atoms with E-state index in [1.807, 2.05) is 36.4 Å². The van der Waals surface area contributed by atoms with Crippen LogP contribution in [-0.4, -0.2) is 20.0 Å². The maximum atomic E-state index is 12.2. The van der Waals surface area contributed by atoms with Crippen molar-refractivity contribution in [3.8, 4) is 22.8 Å². The molecule has 0 N–H and O–H groups in total. The maximum absolute atomic E-state index is 12.2. The van der Waals surface area contributed by atoms with Crippen molar-refractivity contribution in [2.75, 3.05) is 14.2 Å². The van der Waals surface area contributed by atoms with Crippen molar-refractivity contribution in [1.29, 1.82) is 0 Å². The molecule has 3 rings (SSSR count). The summed E-state index contributed by atoms with van der Waals surface area (Å²) in [5.74, 6) is 2.77. The molecule has 0 aliphatic heterocycles. The first-order valence-corrected chi connectivity index (χ1v) is 7.80. The number of ketones is 1. The normalized spacial score (nSPS) is 10.8. The number of ether oxygens (including phenoxy) is 2. The number of furan rings is 1. The third kappa shape index (κ3) is 3.98. The van der Waals surface area contributed by atoms with Gasteiger partial charge < -0.3 is 13.9 Å². The van der Waals surface area contributed by atoms with Crippen LogP contribution in [0.3, 0.4) is 0 Å². The third-order valence-corrected chi connectivity index (χ3v) is 3.77. The topological polar surface area (TPSA) is 48.7 Å². The molecule has 3 aromatic rings. The molecule has 4 heteroatoms. The molecule has 0 spiro atoms. The quantitative estimate of drug-likeness (QED) is 0.477. The molecule has 0 bridgehead atoms. The molecule has 0 fully saturated rings. The van der Waals surface area contributed by atoms with Gasteiger partial charge in [0, 0.05) is 11.1 Å². The Kier molecular flexibility index (Phi) is 5.00. The van der Waals surface area contributed by atoms with Gasteiger partial charge in [-0.25, -0.2) is 0 Å². The summed E-state index contributed by atoms with van der Waals surface area (Å²) in [6, 6.07) is 18.3. The average molecular weight is 334 g/mol. The lowest BCUT2D eigenvalue weighted by Gasteiger charge is -2.00. The Morgan fingerprint density at radius 2 is 1.44 bits per heavy atom. The standard InChI is InChI=1S/C21H18O4/c1-23-17-7-3-15(4-8-17)20(22)13-11-19-12-14-21(25-19)16-5-9-18(24-2)10-6-16/h3-14H,1-2H3/b13-11+. The fourth-order valence-electron chi connectivity index (χ4n) is 2.36. The summed E-state index contributed by atoms with van der Waals surface area (Å²) >= 11 is 0. The Morgan fingerprint density at radius 1 is 0.840 bits per heavy atom. The van der Waals surface area contributed by atoms with Gasteiger partial charge >= 0.3 is 0 Å². The summed E-state index contributed by atoms with van der Waals surface area (Å²) in [7, 11) is 3.22. The average Bonchev–Trinajstić information content (AvgIpc) is 3.15. The zero-order valence-corrected chi connectivity index (χ0v) is 14.1. The lowest BCUT2D eigenvalue weighted by atomic mass is 10.1. The van der Waals surface area contributed by atoms with Crippen LogP contribution in [0.2, 0.25) is 0 Å². The van der Waals surface area contributed by atoms with Crippen LogP contribution in [0.15, 0.2) is 71.2 Å². The summed E-state index contributed by atoms with van der Waals surface area (Å²) in [4.78, 5) is 12.2. The highest BCUT2D eigenvalue weighted by atomic mass is 16.5. The second kappa shape index (κ2) is 7.53. The van der Waals surface area contributed by atoms with Crippen molar-refractivity contribution < 1.29 is 18.7 Å². The molecule has 4 nitrogen and oxygen atoms in total. The van der Waals surface area contributed by atoms with E-state index in [2.05, 4.69) is 0 Å². The lowest BCUT2D eigenvalue weighted by Crippen LogP contribution is -1.93. The molecule has 0 saturated heterocycles. The molecule has 0 aliphatic rings. The van der Waals surface area contributed by atoms with Crippen LogP contribution < -0.4 is 9.47 Å². The predicted octanol–water partition coefficient (Wildman–Crippen LogP) is 4.86. The fourth-order valence-corrected chi connectivity index (χ4v) is 2.36. The second-order valence-corrected chi connectivity index (χ2v) is 5.36. The summed E-state index contributed by atoms with van der Waals surface area (Å²) in [5.41, 5.74) is 1.54. The fraction of sp³-hybridized carbons (Fsp3) is 0.0952. The van der Waals surface area contributed by atoms with E-state index in [4.69, 9.17) is 13.9 Å². The molecule has 0 atom stereocenters. The summed E-state index contributed by atoms with van der Waals surface area (Å²) in [5, 5.41) is 0. The van der Waals surface area contributed by atoms with Crippen LogP contribution in [-0.2, 0) is 0 Å². The van der Waals surface area contributed by atoms with Gasteiger partial charge in [-0.05, 0) is 72.8 Å². The van der Waals surface area contributed by atoms with Gasteiger partial charge in [0.25, 0.3) is 0 Å². The predicted molar refractivity (Wildman–Crippen MR) is 97.1 cm³/mol. The van der Waals surface area contributed by atoms with Crippen molar-refractivity contribution in [2.45, 2.75) is 0 Å². The number of rotatable bonds is 6. The van der Waals surface area contributed by atoms with E-state index in [9.17, 15) is 4.79 Å². The highest BCUT2D eigenvalue weighted by Crippen LogP contribution is 2.25. The van der Waals surface area contributed by atoms with E-state index < -0.39 is 0 Å². The molecular formula is C21H18O4. The molecule has 0 aliphatic carbocycles. The van der Waals surface area contributed by atoms with Crippen LogP contribution in [0.25, 0.3) is 17.4 Å². The van der Waals surface area contributed by atoms with Gasteiger partial charge in [0.1, 0.15) is 23.0 Å². The number of hydrogen-bond acceptors (Lipinski definition) is 4. The molecule has 0 saturated carbocycles. The smallest absolute Gasteiger partial charge is 0.185 e. The first kappa shape index (κ1) is 16.6. The highest BCUT2D eigenvalue weighted by molar-refractivity contribution is 6.06. The third-order valence-electron chi connectivity index (χ3n) is 3.77. The van der Waals surface area contributed by atoms with Crippen molar-refractivity contribution in [3.05, 3.63) is 78.1 Å². The Morgan fingerprint density at radius 3 is 2.04 bits per heavy atom. The molecule has 25 heavy (non-hydrogen) atoms. The largest absolute Gasteiger partial charge is 0.497 e. The van der Waals surface area contributed by atoms with Gasteiger partial charge in [-0.15, -0.1) is 0 Å². The molecule has 126 valence electrons. The first-order chi connectivity index (χ1) is 12.2. The van der Waals surface area contributed by atoms with E-state index in [1.165, 1.54) is 6.08 Å². The lowest BCUT2D eigenvalue weighted by molar-refractivity contribution is 0.104. The second-order valence-electron chi connectivity index (χ2n) is 5.36. The van der Waals surface area contributed by atoms with Crippen molar-refractivity contribution in [3.63, 3.8) is 0 Å². The van der Waals surface area contributed by atoms with Gasteiger partial charge in [0.05, 0.1) is 14.2 Å². The Hall–Kier alpha value is -3.27. The van der Waals surface area contributed by atoms with Crippen LogP contribution in [0.5, 0.6) is 11.5 Å². The number of carbonyl (C=O) groups is 1. The Bertz CT molecular complexity index is 871. The van der Waals surface area contributed by atoms with Gasteiger partial charge in [0.15, 0.2) is 5.78 Å². The first-order valence-electron chi connectivity index (χ1n) is 7.80. The molecule has 0 radical (unpaired) electrons. The van der Waals surface area contributed by atoms with E-state index >= 15 is 0 Å². The molecule has 1 heterocycles. The van der Waals surface area contributed by atoms with Crippen LogP contribution in [0.1, 0.15) is 16.1 Å². The number of carbonyl (C=O) groups excluding carboxylic acids is 1. The minimum absolute atomic E-state index is 0.0925. The van der Waals surface area contributed by atoms with E-state index in [0.29, 0.717) is 11.3 Å². The molecular weight excluding hydrogens is 316 g/mol. The number of allylic oxidation sites excluding steroid dienone is 1. The maximum Gasteiger partial charge on any atom is 0.185 e. The van der Waals surface area contributed by atoms with Crippen molar-refractivity contribution in [1.82, 2.24) is 0 Å². The SMILES string of the molecule is COc1ccc(C(=O)/C=C/c2ccc(-c3ccc(OC)cc3)o2)cc1. The highest BCUT2D eigenvalue weighted by Gasteiger charge is 2.05. The van der Waals surface area contributed by atoms with Crippen molar-refractivity contribution >= 4 is 11.9 Å². The van der Waals surface area contributed by atoms with Crippen LogP contribution in [0, 0.1) is 0 Å². The van der Waals surface area contributed by atoms with Gasteiger partial charge in [-0.2, -0.15) is 0 Å². The minimum Gasteiger partial charge on any atom is -0.497 e. The number of benzene rings is 2. The summed E-state index contributed by atoms with van der Waals surface area (Å²) < 4.78 is 16.0. The summed E-state index contributed by atoms with van der Waals surface area (Å²) in [6.07, 6.45) is 3.16. The van der Waals surface area contributed by atoms with Crippen molar-refractivity contribution in [2.24, 2.45) is 0 Å². The van der Waals surface area contributed by atoms with Gasteiger partial charge in [-0.1, -0.05) is 0 Å². The Labute approximate surface area is 146 Å². The van der Waals surface area contributed by atoms with Gasteiger partial charge in [0.2, 0.25) is 0 Å².